The van der Waals surface area contributed by atoms with Gasteiger partial charge in [0.2, 0.25) is 0 Å². The van der Waals surface area contributed by atoms with Gasteiger partial charge < -0.3 is 9.67 Å². The van der Waals surface area contributed by atoms with E-state index in [9.17, 15) is 18.3 Å². The maximum atomic E-state index is 12.8. The highest BCUT2D eigenvalue weighted by atomic mass is 19.4. The first-order valence-corrected chi connectivity index (χ1v) is 6.82. The molecule has 2 aromatic rings. The highest BCUT2D eigenvalue weighted by Crippen LogP contribution is 2.33. The number of hydrogen-bond donors (Lipinski definition) is 1. The summed E-state index contributed by atoms with van der Waals surface area (Å²) in [7, 11) is 0. The van der Waals surface area contributed by atoms with Crippen molar-refractivity contribution in [1.82, 2.24) is 9.55 Å². The second-order valence-electron chi connectivity index (χ2n) is 5.35. The summed E-state index contributed by atoms with van der Waals surface area (Å²) in [4.78, 5) is 4.27. The molecule has 1 aromatic carbocycles. The molecular formula is C15H15F3N2O. The lowest BCUT2D eigenvalue weighted by Gasteiger charge is -2.24. The molecule has 0 fully saturated rings. The maximum Gasteiger partial charge on any atom is 0.416 e. The summed E-state index contributed by atoms with van der Waals surface area (Å²) in [5.74, 6) is 0.672. The van der Waals surface area contributed by atoms with Crippen LogP contribution in [0.2, 0.25) is 0 Å². The van der Waals surface area contributed by atoms with Gasteiger partial charge in [-0.1, -0.05) is 12.1 Å². The van der Waals surface area contributed by atoms with E-state index >= 15 is 0 Å². The molecule has 0 amide bonds. The number of benzene rings is 1. The predicted octanol–water partition coefficient (Wildman–Crippen LogP) is 3.12. The third-order valence-corrected chi connectivity index (χ3v) is 3.89. The quantitative estimate of drug-likeness (QED) is 0.924. The van der Waals surface area contributed by atoms with Gasteiger partial charge in [-0.15, -0.1) is 0 Å². The van der Waals surface area contributed by atoms with Gasteiger partial charge in [0.05, 0.1) is 5.56 Å². The van der Waals surface area contributed by atoms with Crippen LogP contribution in [0.4, 0.5) is 13.2 Å². The van der Waals surface area contributed by atoms with Crippen LogP contribution in [0.5, 0.6) is 0 Å². The lowest BCUT2D eigenvalue weighted by atomic mass is 9.99. The Kier molecular flexibility index (Phi) is 3.49. The molecule has 0 radical (unpaired) electrons. The summed E-state index contributed by atoms with van der Waals surface area (Å²) in [6, 6.07) is 5.21. The molecule has 6 heteroatoms. The number of aromatic nitrogens is 2. The number of halogens is 3. The highest BCUT2D eigenvalue weighted by molar-refractivity contribution is 5.58. The Morgan fingerprint density at radius 2 is 2.14 bits per heavy atom. The number of imidazole rings is 1. The van der Waals surface area contributed by atoms with Gasteiger partial charge in [0, 0.05) is 36.5 Å². The van der Waals surface area contributed by atoms with Crippen molar-refractivity contribution in [3.8, 4) is 11.4 Å². The van der Waals surface area contributed by atoms with Gasteiger partial charge in [0.1, 0.15) is 5.82 Å². The molecule has 0 aliphatic carbocycles. The van der Waals surface area contributed by atoms with E-state index in [-0.39, 0.29) is 12.5 Å². The van der Waals surface area contributed by atoms with Crippen LogP contribution in [0.15, 0.2) is 30.5 Å². The molecule has 2 heterocycles. The first kappa shape index (κ1) is 14.1. The van der Waals surface area contributed by atoms with Gasteiger partial charge in [-0.25, -0.2) is 4.98 Å². The molecule has 1 atom stereocenters. The van der Waals surface area contributed by atoms with Crippen molar-refractivity contribution in [2.75, 3.05) is 6.61 Å². The van der Waals surface area contributed by atoms with Crippen LogP contribution in [0, 0.1) is 5.92 Å². The Morgan fingerprint density at radius 3 is 2.86 bits per heavy atom. The number of nitrogens with zero attached hydrogens (tertiary/aromatic N) is 2. The van der Waals surface area contributed by atoms with E-state index < -0.39 is 11.7 Å². The van der Waals surface area contributed by atoms with Crippen LogP contribution in [0.1, 0.15) is 17.7 Å². The molecule has 3 rings (SSSR count). The van der Waals surface area contributed by atoms with E-state index in [0.29, 0.717) is 17.9 Å². The van der Waals surface area contributed by atoms with Crippen molar-refractivity contribution < 1.29 is 18.3 Å². The Hall–Kier alpha value is -1.82. The molecular weight excluding hydrogens is 281 g/mol. The minimum atomic E-state index is -4.36. The predicted molar refractivity (Wildman–Crippen MR) is 71.6 cm³/mol. The van der Waals surface area contributed by atoms with Gasteiger partial charge in [0.25, 0.3) is 0 Å². The smallest absolute Gasteiger partial charge is 0.396 e. The fraction of sp³-hybridized carbons (Fsp3) is 0.400. The molecule has 0 spiro atoms. The number of rotatable bonds is 2. The first-order chi connectivity index (χ1) is 9.99. The summed E-state index contributed by atoms with van der Waals surface area (Å²) in [6.45, 7) is 0.678. The number of fused-ring (bicyclic) bond motifs is 1. The average Bonchev–Trinajstić information content (AvgIpc) is 2.89. The topological polar surface area (TPSA) is 38.1 Å². The summed E-state index contributed by atoms with van der Waals surface area (Å²) < 4.78 is 40.3. The van der Waals surface area contributed by atoms with E-state index in [1.165, 1.54) is 6.07 Å². The van der Waals surface area contributed by atoms with Crippen LogP contribution < -0.4 is 0 Å². The van der Waals surface area contributed by atoms with Gasteiger partial charge in [0.15, 0.2) is 0 Å². The largest absolute Gasteiger partial charge is 0.416 e. The number of aliphatic hydroxyl groups is 1. The first-order valence-electron chi connectivity index (χ1n) is 6.82. The van der Waals surface area contributed by atoms with Gasteiger partial charge in [-0.2, -0.15) is 13.2 Å². The Morgan fingerprint density at radius 1 is 1.33 bits per heavy atom. The molecule has 21 heavy (non-hydrogen) atoms. The van der Waals surface area contributed by atoms with Crippen LogP contribution >= 0.6 is 0 Å². The van der Waals surface area contributed by atoms with Crippen LogP contribution in [-0.2, 0) is 19.1 Å². The normalized spacial score (nSPS) is 18.6. The molecule has 1 N–H and O–H groups in total. The van der Waals surface area contributed by atoms with Gasteiger partial charge >= 0.3 is 6.18 Å². The van der Waals surface area contributed by atoms with Gasteiger partial charge in [-0.05, 0) is 25.0 Å². The fourth-order valence-corrected chi connectivity index (χ4v) is 2.73. The van der Waals surface area contributed by atoms with E-state index in [4.69, 9.17) is 0 Å². The average molecular weight is 296 g/mol. The zero-order valence-electron chi connectivity index (χ0n) is 11.3. The molecule has 1 aliphatic rings. The molecule has 1 aliphatic heterocycles. The standard InChI is InChI=1S/C15H15F3N2O/c16-15(17,18)12-3-1-2-11(6-12)14-19-7-13-5-4-10(9-21)8-20(13)14/h1-3,6-7,10,21H,4-5,8-9H2. The summed E-state index contributed by atoms with van der Waals surface area (Å²) in [5.41, 5.74) is 0.786. The third-order valence-electron chi connectivity index (χ3n) is 3.89. The fourth-order valence-electron chi connectivity index (χ4n) is 2.73. The highest BCUT2D eigenvalue weighted by Gasteiger charge is 2.31. The van der Waals surface area contributed by atoms with Crippen LogP contribution in [0.3, 0.4) is 0 Å². The minimum Gasteiger partial charge on any atom is -0.396 e. The van der Waals surface area contributed by atoms with Crippen molar-refractivity contribution in [3.63, 3.8) is 0 Å². The second-order valence-corrected chi connectivity index (χ2v) is 5.35. The van der Waals surface area contributed by atoms with E-state index in [2.05, 4.69) is 4.98 Å². The number of aliphatic hydroxyl groups excluding tert-OH is 1. The zero-order valence-corrected chi connectivity index (χ0v) is 11.3. The molecule has 0 bridgehead atoms. The maximum absolute atomic E-state index is 12.8. The Balaban J connectivity index is 2.01. The third kappa shape index (κ3) is 2.68. The van der Waals surface area contributed by atoms with Crippen LogP contribution in [0.25, 0.3) is 11.4 Å². The van der Waals surface area contributed by atoms with Crippen molar-refractivity contribution in [2.45, 2.75) is 25.6 Å². The molecule has 1 aromatic heterocycles. The minimum absolute atomic E-state index is 0.0830. The molecule has 0 saturated heterocycles. The Bertz CT molecular complexity index is 649. The van der Waals surface area contributed by atoms with Crippen molar-refractivity contribution in [2.24, 2.45) is 5.92 Å². The van der Waals surface area contributed by atoms with E-state index in [1.54, 1.807) is 12.3 Å². The summed E-state index contributed by atoms with van der Waals surface area (Å²) >= 11 is 0. The molecule has 0 saturated carbocycles. The Labute approximate surface area is 120 Å². The van der Waals surface area contributed by atoms with Crippen molar-refractivity contribution in [1.29, 1.82) is 0 Å². The lowest BCUT2D eigenvalue weighted by Crippen LogP contribution is -2.23. The monoisotopic (exact) mass is 296 g/mol. The second kappa shape index (κ2) is 5.18. The lowest BCUT2D eigenvalue weighted by molar-refractivity contribution is -0.137. The molecule has 112 valence electrons. The summed E-state index contributed by atoms with van der Waals surface area (Å²) in [6.07, 6.45) is -0.981. The SMILES string of the molecule is OCC1CCc2cnc(-c3cccc(C(F)(F)F)c3)n2C1. The number of aryl methyl sites for hydroxylation is 1. The van der Waals surface area contributed by atoms with Crippen molar-refractivity contribution >= 4 is 0 Å². The van der Waals surface area contributed by atoms with Crippen LogP contribution in [-0.4, -0.2) is 21.3 Å². The zero-order chi connectivity index (χ0) is 15.0. The van der Waals surface area contributed by atoms with E-state index in [1.807, 2.05) is 4.57 Å². The number of hydrogen-bond acceptors (Lipinski definition) is 2. The van der Waals surface area contributed by atoms with Gasteiger partial charge in [-0.3, -0.25) is 0 Å². The summed E-state index contributed by atoms with van der Waals surface area (Å²) in [5, 5.41) is 9.28. The number of alkyl halides is 3. The van der Waals surface area contributed by atoms with Crippen molar-refractivity contribution in [3.05, 3.63) is 41.7 Å². The molecule has 3 nitrogen and oxygen atoms in total. The van der Waals surface area contributed by atoms with E-state index in [0.717, 1.165) is 30.7 Å². The molecule has 1 unspecified atom stereocenters.